The molecule has 6 heteroatoms. The van der Waals surface area contributed by atoms with Gasteiger partial charge in [-0.05, 0) is 26.3 Å². The van der Waals surface area contributed by atoms with E-state index in [9.17, 15) is 10.1 Å². The molecule has 0 N–H and O–H groups in total. The summed E-state index contributed by atoms with van der Waals surface area (Å²) >= 11 is 0. The Kier molecular flexibility index (Phi) is 4.71. The predicted octanol–water partition coefficient (Wildman–Crippen LogP) is 3.54. The molecule has 23 heavy (non-hydrogen) atoms. The summed E-state index contributed by atoms with van der Waals surface area (Å²) in [7, 11) is 0. The largest absolute Gasteiger partial charge is 0.334 e. The van der Waals surface area contributed by atoms with Crippen LogP contribution in [0.2, 0.25) is 0 Å². The maximum absolute atomic E-state index is 11.2. The van der Waals surface area contributed by atoms with E-state index in [1.807, 2.05) is 24.5 Å². The van der Waals surface area contributed by atoms with Crippen molar-refractivity contribution in [2.45, 2.75) is 45.3 Å². The lowest BCUT2D eigenvalue weighted by molar-refractivity contribution is -0.385. The summed E-state index contributed by atoms with van der Waals surface area (Å²) in [6.45, 7) is 4.55. The molecule has 6 nitrogen and oxygen atoms in total. The van der Waals surface area contributed by atoms with E-state index in [2.05, 4.69) is 21.4 Å². The number of aromatic nitrogens is 2. The molecule has 0 spiro atoms. The predicted molar refractivity (Wildman–Crippen MR) is 88.0 cm³/mol. The molecule has 2 aromatic rings. The van der Waals surface area contributed by atoms with Crippen molar-refractivity contribution >= 4 is 5.69 Å². The van der Waals surface area contributed by atoms with Gasteiger partial charge in [0.1, 0.15) is 5.82 Å². The van der Waals surface area contributed by atoms with Gasteiger partial charge in [0.2, 0.25) is 0 Å². The van der Waals surface area contributed by atoms with Crippen LogP contribution in [0.3, 0.4) is 0 Å². The Morgan fingerprint density at radius 1 is 1.35 bits per heavy atom. The molecule has 1 aliphatic rings. The van der Waals surface area contributed by atoms with Gasteiger partial charge < -0.3 is 4.57 Å². The minimum absolute atomic E-state index is 0.204. The van der Waals surface area contributed by atoms with Crippen LogP contribution < -0.4 is 0 Å². The van der Waals surface area contributed by atoms with Crippen LogP contribution in [0, 0.1) is 10.1 Å². The molecule has 0 bridgehead atoms. The number of piperidine rings is 1. The summed E-state index contributed by atoms with van der Waals surface area (Å²) in [5.41, 5.74) is 0.981. The quantitative estimate of drug-likeness (QED) is 0.625. The number of rotatable bonds is 5. The highest BCUT2D eigenvalue weighted by Gasteiger charge is 2.28. The van der Waals surface area contributed by atoms with Crippen molar-refractivity contribution in [2.24, 2.45) is 0 Å². The number of hydrogen-bond acceptors (Lipinski definition) is 4. The van der Waals surface area contributed by atoms with Crippen LogP contribution in [0.4, 0.5) is 5.69 Å². The highest BCUT2D eigenvalue weighted by Crippen LogP contribution is 2.32. The molecule has 3 rings (SSSR count). The molecular formula is C17H22N4O2. The number of aryl methyl sites for hydroxylation is 1. The molecule has 0 saturated carbocycles. The average molecular weight is 314 g/mol. The van der Waals surface area contributed by atoms with Crippen molar-refractivity contribution in [2.75, 3.05) is 6.54 Å². The Bertz CT molecular complexity index is 683. The van der Waals surface area contributed by atoms with Crippen molar-refractivity contribution in [3.05, 3.63) is 58.2 Å². The first kappa shape index (κ1) is 15.7. The lowest BCUT2D eigenvalue weighted by atomic mass is 10.00. The van der Waals surface area contributed by atoms with Crippen molar-refractivity contribution in [3.8, 4) is 0 Å². The van der Waals surface area contributed by atoms with Crippen molar-refractivity contribution < 1.29 is 4.92 Å². The van der Waals surface area contributed by atoms with Gasteiger partial charge >= 0.3 is 0 Å². The standard InChI is InChI=1S/C17H22N4O2/c1-2-19-12-10-18-17(19)16-9-5-6-11-20(16)13-14-7-3-4-8-15(14)21(22)23/h3-4,7-8,10,12,16H,2,5-6,9,11,13H2,1H3. The molecule has 1 aromatic heterocycles. The Morgan fingerprint density at radius 2 is 2.17 bits per heavy atom. The van der Waals surface area contributed by atoms with Gasteiger partial charge in [-0.1, -0.05) is 24.6 Å². The lowest BCUT2D eigenvalue weighted by Gasteiger charge is -2.35. The Hall–Kier alpha value is -2.21. The fraction of sp³-hybridized carbons (Fsp3) is 0.471. The van der Waals surface area contributed by atoms with E-state index >= 15 is 0 Å². The van der Waals surface area contributed by atoms with Crippen LogP contribution in [-0.4, -0.2) is 25.9 Å². The smallest absolute Gasteiger partial charge is 0.273 e. The average Bonchev–Trinajstić information content (AvgIpc) is 3.04. The minimum atomic E-state index is -0.290. The molecule has 1 atom stereocenters. The van der Waals surface area contributed by atoms with Crippen molar-refractivity contribution in [1.82, 2.24) is 14.5 Å². The maximum Gasteiger partial charge on any atom is 0.273 e. The Morgan fingerprint density at radius 3 is 2.96 bits per heavy atom. The van der Waals surface area contributed by atoms with Gasteiger partial charge in [-0.25, -0.2) is 4.98 Å². The van der Waals surface area contributed by atoms with Gasteiger partial charge in [-0.3, -0.25) is 15.0 Å². The molecular weight excluding hydrogens is 292 g/mol. The third-order valence-electron chi connectivity index (χ3n) is 4.56. The zero-order valence-electron chi connectivity index (χ0n) is 13.4. The molecule has 1 aromatic carbocycles. The zero-order chi connectivity index (χ0) is 16.2. The summed E-state index contributed by atoms with van der Waals surface area (Å²) in [6, 6.07) is 7.27. The summed E-state index contributed by atoms with van der Waals surface area (Å²) in [5, 5.41) is 11.2. The first-order valence-electron chi connectivity index (χ1n) is 8.18. The third kappa shape index (κ3) is 3.27. The number of nitro groups is 1. The topological polar surface area (TPSA) is 64.2 Å². The molecule has 122 valence electrons. The van der Waals surface area contributed by atoms with Crippen molar-refractivity contribution in [1.29, 1.82) is 0 Å². The summed E-state index contributed by atoms with van der Waals surface area (Å²) in [5.74, 6) is 1.07. The first-order valence-corrected chi connectivity index (χ1v) is 8.18. The van der Waals surface area contributed by atoms with E-state index in [-0.39, 0.29) is 16.7 Å². The number of para-hydroxylation sites is 1. The highest BCUT2D eigenvalue weighted by atomic mass is 16.6. The summed E-state index contributed by atoms with van der Waals surface area (Å²) in [6.07, 6.45) is 7.21. The van der Waals surface area contributed by atoms with Gasteiger partial charge in [-0.2, -0.15) is 0 Å². The number of benzene rings is 1. The van der Waals surface area contributed by atoms with Crippen LogP contribution in [0.1, 0.15) is 43.6 Å². The lowest BCUT2D eigenvalue weighted by Crippen LogP contribution is -2.34. The zero-order valence-corrected chi connectivity index (χ0v) is 13.4. The fourth-order valence-electron chi connectivity index (χ4n) is 3.40. The molecule has 1 fully saturated rings. The SMILES string of the molecule is CCn1ccnc1C1CCCCN1Cc1ccccc1[N+](=O)[O-]. The maximum atomic E-state index is 11.2. The van der Waals surface area contributed by atoms with E-state index in [1.165, 1.54) is 6.42 Å². The van der Waals surface area contributed by atoms with Gasteiger partial charge in [0.05, 0.1) is 11.0 Å². The first-order chi connectivity index (χ1) is 11.2. The monoisotopic (exact) mass is 314 g/mol. The molecule has 1 aliphatic heterocycles. The highest BCUT2D eigenvalue weighted by molar-refractivity contribution is 5.39. The molecule has 0 aliphatic carbocycles. The van der Waals surface area contributed by atoms with Crippen LogP contribution in [0.15, 0.2) is 36.7 Å². The molecule has 0 amide bonds. The van der Waals surface area contributed by atoms with E-state index in [4.69, 9.17) is 0 Å². The van der Waals surface area contributed by atoms with Gasteiger partial charge in [-0.15, -0.1) is 0 Å². The second-order valence-corrected chi connectivity index (χ2v) is 5.94. The normalized spacial score (nSPS) is 18.9. The molecule has 1 saturated heterocycles. The number of imidazole rings is 1. The van der Waals surface area contributed by atoms with Crippen LogP contribution in [0.25, 0.3) is 0 Å². The Balaban J connectivity index is 1.87. The number of nitro benzene ring substituents is 1. The van der Waals surface area contributed by atoms with Crippen LogP contribution >= 0.6 is 0 Å². The van der Waals surface area contributed by atoms with E-state index in [0.717, 1.165) is 37.3 Å². The number of likely N-dealkylation sites (tertiary alicyclic amines) is 1. The van der Waals surface area contributed by atoms with Gasteiger partial charge in [0.25, 0.3) is 5.69 Å². The molecule has 1 unspecified atom stereocenters. The van der Waals surface area contributed by atoms with E-state index in [0.29, 0.717) is 6.54 Å². The number of hydrogen-bond donors (Lipinski definition) is 0. The van der Waals surface area contributed by atoms with Gasteiger partial charge in [0, 0.05) is 37.1 Å². The Labute approximate surface area is 135 Å². The molecule has 2 heterocycles. The number of nitrogens with zero attached hydrogens (tertiary/aromatic N) is 4. The summed E-state index contributed by atoms with van der Waals surface area (Å²) < 4.78 is 2.17. The van der Waals surface area contributed by atoms with Crippen LogP contribution in [0.5, 0.6) is 0 Å². The molecule has 0 radical (unpaired) electrons. The van der Waals surface area contributed by atoms with E-state index < -0.39 is 0 Å². The van der Waals surface area contributed by atoms with Crippen LogP contribution in [-0.2, 0) is 13.1 Å². The minimum Gasteiger partial charge on any atom is -0.334 e. The second-order valence-electron chi connectivity index (χ2n) is 5.94. The second kappa shape index (κ2) is 6.91. The fourth-order valence-corrected chi connectivity index (χ4v) is 3.40. The third-order valence-corrected chi connectivity index (χ3v) is 4.56. The van der Waals surface area contributed by atoms with E-state index in [1.54, 1.807) is 12.1 Å². The van der Waals surface area contributed by atoms with Crippen molar-refractivity contribution in [3.63, 3.8) is 0 Å². The summed E-state index contributed by atoms with van der Waals surface area (Å²) in [4.78, 5) is 17.8. The van der Waals surface area contributed by atoms with Gasteiger partial charge in [0.15, 0.2) is 0 Å².